The number of hydrogen-bond acceptors (Lipinski definition) is 5. The van der Waals surface area contributed by atoms with Gasteiger partial charge in [-0.15, -0.1) is 0 Å². The van der Waals surface area contributed by atoms with Gasteiger partial charge in [-0.2, -0.15) is 0 Å². The van der Waals surface area contributed by atoms with Gasteiger partial charge in [0.05, 0.1) is 23.7 Å². The maximum absolute atomic E-state index is 11.5. The Morgan fingerprint density at radius 2 is 1.71 bits per heavy atom. The second kappa shape index (κ2) is 7.01. The van der Waals surface area contributed by atoms with Crippen LogP contribution in [0.25, 0.3) is 0 Å². The summed E-state index contributed by atoms with van der Waals surface area (Å²) in [6.45, 7) is 0.617. The minimum absolute atomic E-state index is 0.0410. The lowest BCUT2D eigenvalue weighted by molar-refractivity contribution is 0.190. The number of nitrogens with one attached hydrogen (secondary N) is 2. The largest absolute Gasteiger partial charge is 0.390 e. The summed E-state index contributed by atoms with van der Waals surface area (Å²) >= 11 is 6.12. The second-order valence-corrected chi connectivity index (χ2v) is 8.48. The first-order chi connectivity index (χ1) is 11.4. The zero-order valence-corrected chi connectivity index (χ0v) is 14.5. The summed E-state index contributed by atoms with van der Waals surface area (Å²) in [5, 5.41) is 16.9. The smallest absolute Gasteiger partial charge is 0.155 e. The van der Waals surface area contributed by atoms with Crippen LogP contribution in [0.2, 0.25) is 5.02 Å². The summed E-state index contributed by atoms with van der Waals surface area (Å²) in [5.74, 6) is -0.219. The molecule has 1 aliphatic heterocycles. The molecular weight excluding hydrogens is 348 g/mol. The van der Waals surface area contributed by atoms with E-state index < -0.39 is 22.0 Å². The molecule has 1 aliphatic rings. The number of anilines is 2. The monoisotopic (exact) mass is 366 g/mol. The fourth-order valence-corrected chi connectivity index (χ4v) is 4.65. The average molecular weight is 367 g/mol. The molecule has 3 N–H and O–H groups in total. The van der Waals surface area contributed by atoms with E-state index in [2.05, 4.69) is 10.6 Å². The molecule has 24 heavy (non-hydrogen) atoms. The van der Waals surface area contributed by atoms with Gasteiger partial charge in [0.15, 0.2) is 9.84 Å². The Morgan fingerprint density at radius 3 is 2.33 bits per heavy atom. The first-order valence-corrected chi connectivity index (χ1v) is 9.85. The Hall–Kier alpha value is -1.76. The van der Waals surface area contributed by atoms with E-state index in [9.17, 15) is 13.5 Å². The summed E-state index contributed by atoms with van der Waals surface area (Å²) in [6, 6.07) is 14.7. The highest BCUT2D eigenvalue weighted by Gasteiger charge is 2.36. The minimum atomic E-state index is -3.15. The molecule has 3 rings (SSSR count). The molecular formula is C17H19ClN2O3S. The lowest BCUT2D eigenvalue weighted by Crippen LogP contribution is -2.31. The zero-order valence-electron chi connectivity index (χ0n) is 12.9. The molecule has 0 radical (unpaired) electrons. The summed E-state index contributed by atoms with van der Waals surface area (Å²) in [5.41, 5.74) is 2.72. The van der Waals surface area contributed by atoms with Gasteiger partial charge in [0.1, 0.15) is 0 Å². The molecule has 2 aromatic rings. The van der Waals surface area contributed by atoms with Crippen LogP contribution in [-0.2, 0) is 16.4 Å². The van der Waals surface area contributed by atoms with E-state index in [-0.39, 0.29) is 11.5 Å². The van der Waals surface area contributed by atoms with Gasteiger partial charge in [0, 0.05) is 22.9 Å². The van der Waals surface area contributed by atoms with Crippen LogP contribution >= 0.6 is 11.6 Å². The lowest BCUT2D eigenvalue weighted by atomic mass is 10.2. The number of sulfone groups is 1. The van der Waals surface area contributed by atoms with Gasteiger partial charge in [-0.3, -0.25) is 0 Å². The van der Waals surface area contributed by atoms with Crippen LogP contribution in [0.4, 0.5) is 11.4 Å². The third kappa shape index (κ3) is 4.20. The maximum atomic E-state index is 11.5. The predicted molar refractivity (Wildman–Crippen MR) is 97.3 cm³/mol. The standard InChI is InChI=1S/C17H19ClN2O3S/c18-15-4-2-1-3-12(15)9-19-13-5-7-14(8-6-13)20-16-10-24(22,23)11-17(16)21/h1-8,16-17,19-21H,9-11H2/t16-,17+/m1/s1. The highest BCUT2D eigenvalue weighted by Crippen LogP contribution is 2.21. The molecule has 0 bridgehead atoms. The number of aliphatic hydroxyl groups excluding tert-OH is 1. The van der Waals surface area contributed by atoms with E-state index >= 15 is 0 Å². The fraction of sp³-hybridized carbons (Fsp3) is 0.294. The molecule has 0 amide bonds. The van der Waals surface area contributed by atoms with Gasteiger partial charge in [-0.05, 0) is 35.9 Å². The first kappa shape index (κ1) is 17.1. The topological polar surface area (TPSA) is 78.4 Å². The molecule has 2 aromatic carbocycles. The van der Waals surface area contributed by atoms with Gasteiger partial charge in [0.2, 0.25) is 0 Å². The lowest BCUT2D eigenvalue weighted by Gasteiger charge is -2.16. The van der Waals surface area contributed by atoms with Crippen molar-refractivity contribution in [3.63, 3.8) is 0 Å². The number of benzene rings is 2. The number of aliphatic hydroxyl groups is 1. The molecule has 5 nitrogen and oxygen atoms in total. The van der Waals surface area contributed by atoms with Crippen LogP contribution < -0.4 is 10.6 Å². The summed E-state index contributed by atoms with van der Waals surface area (Å²) in [6.07, 6.45) is -0.868. The Bertz CT molecular complexity index is 809. The molecule has 0 aromatic heterocycles. The van der Waals surface area contributed by atoms with Crippen LogP contribution in [0, 0.1) is 0 Å². The van der Waals surface area contributed by atoms with Crippen LogP contribution in [0.1, 0.15) is 5.56 Å². The van der Waals surface area contributed by atoms with E-state index in [0.29, 0.717) is 6.54 Å². The minimum Gasteiger partial charge on any atom is -0.390 e. The van der Waals surface area contributed by atoms with Crippen molar-refractivity contribution < 1.29 is 13.5 Å². The van der Waals surface area contributed by atoms with Crippen molar-refractivity contribution >= 4 is 32.8 Å². The van der Waals surface area contributed by atoms with Gasteiger partial charge in [0.25, 0.3) is 0 Å². The van der Waals surface area contributed by atoms with Crippen LogP contribution in [-0.4, -0.2) is 37.2 Å². The summed E-state index contributed by atoms with van der Waals surface area (Å²) < 4.78 is 23.0. The third-order valence-corrected chi connectivity index (χ3v) is 6.09. The predicted octanol–water partition coefficient (Wildman–Crippen LogP) is 2.52. The Labute approximate surface area is 146 Å². The SMILES string of the molecule is O=S1(=O)C[C@H](O)[C@H](Nc2ccc(NCc3ccccc3Cl)cc2)C1. The van der Waals surface area contributed by atoms with E-state index in [1.807, 2.05) is 48.5 Å². The quantitative estimate of drug-likeness (QED) is 0.757. The number of rotatable bonds is 5. The Balaban J connectivity index is 1.59. The van der Waals surface area contributed by atoms with Crippen LogP contribution in [0.3, 0.4) is 0 Å². The molecule has 0 unspecified atom stereocenters. The van der Waals surface area contributed by atoms with Gasteiger partial charge in [-0.25, -0.2) is 8.42 Å². The van der Waals surface area contributed by atoms with E-state index in [1.165, 1.54) is 0 Å². The van der Waals surface area contributed by atoms with Crippen molar-refractivity contribution in [1.29, 1.82) is 0 Å². The highest BCUT2D eigenvalue weighted by atomic mass is 35.5. The van der Waals surface area contributed by atoms with Gasteiger partial charge >= 0.3 is 0 Å². The molecule has 0 spiro atoms. The molecule has 1 heterocycles. The van der Waals surface area contributed by atoms with Crippen LogP contribution in [0.15, 0.2) is 48.5 Å². The van der Waals surface area contributed by atoms with Crippen molar-refractivity contribution in [3.8, 4) is 0 Å². The van der Waals surface area contributed by atoms with E-state index in [0.717, 1.165) is 22.0 Å². The van der Waals surface area contributed by atoms with Crippen molar-refractivity contribution in [2.45, 2.75) is 18.7 Å². The second-order valence-electron chi connectivity index (χ2n) is 5.92. The molecule has 1 fully saturated rings. The number of hydrogen-bond donors (Lipinski definition) is 3. The molecule has 0 aliphatic carbocycles. The van der Waals surface area contributed by atoms with Gasteiger partial charge in [-0.1, -0.05) is 29.8 Å². The first-order valence-electron chi connectivity index (χ1n) is 7.65. The maximum Gasteiger partial charge on any atom is 0.155 e. The van der Waals surface area contributed by atoms with Crippen molar-refractivity contribution in [2.24, 2.45) is 0 Å². The zero-order chi connectivity index (χ0) is 17.2. The molecule has 1 saturated heterocycles. The van der Waals surface area contributed by atoms with E-state index in [4.69, 9.17) is 11.6 Å². The van der Waals surface area contributed by atoms with Gasteiger partial charge < -0.3 is 15.7 Å². The van der Waals surface area contributed by atoms with Crippen LogP contribution in [0.5, 0.6) is 0 Å². The average Bonchev–Trinajstić information content (AvgIpc) is 2.80. The normalized spacial score (nSPS) is 22.2. The summed E-state index contributed by atoms with van der Waals surface area (Å²) in [4.78, 5) is 0. The highest BCUT2D eigenvalue weighted by molar-refractivity contribution is 7.91. The summed E-state index contributed by atoms with van der Waals surface area (Å²) in [7, 11) is -3.15. The van der Waals surface area contributed by atoms with E-state index in [1.54, 1.807) is 0 Å². The molecule has 7 heteroatoms. The Kier molecular flexibility index (Phi) is 4.99. The molecule has 2 atom stereocenters. The molecule has 128 valence electrons. The number of halogens is 1. The third-order valence-electron chi connectivity index (χ3n) is 4.00. The van der Waals surface area contributed by atoms with Crippen molar-refractivity contribution in [3.05, 3.63) is 59.1 Å². The van der Waals surface area contributed by atoms with Crippen molar-refractivity contribution in [2.75, 3.05) is 22.1 Å². The fourth-order valence-electron chi connectivity index (χ4n) is 2.70. The Morgan fingerprint density at radius 1 is 1.04 bits per heavy atom. The van der Waals surface area contributed by atoms with Crippen molar-refractivity contribution in [1.82, 2.24) is 0 Å². The molecule has 0 saturated carbocycles.